The maximum absolute atomic E-state index is 14.4. The summed E-state index contributed by atoms with van der Waals surface area (Å²) in [7, 11) is 0. The fourth-order valence-corrected chi connectivity index (χ4v) is 7.47. The van der Waals surface area contributed by atoms with Crippen molar-refractivity contribution in [3.05, 3.63) is 12.7 Å². The van der Waals surface area contributed by atoms with E-state index in [1.165, 1.54) is 6.08 Å². The Bertz CT molecular complexity index is 1000. The van der Waals surface area contributed by atoms with Crippen molar-refractivity contribution in [2.45, 2.75) is 116 Å². The van der Waals surface area contributed by atoms with Gasteiger partial charge in [-0.15, -0.1) is 6.58 Å². The smallest absolute Gasteiger partial charge is 0.408 e. The number of halogens is 1. The van der Waals surface area contributed by atoms with Crippen molar-refractivity contribution < 1.29 is 28.7 Å². The zero-order chi connectivity index (χ0) is 31.5. The minimum atomic E-state index is -0.990. The molecule has 0 spiro atoms. The average Bonchev–Trinajstić information content (AvgIpc) is 3.64. The Hall–Kier alpha value is -2.18. The van der Waals surface area contributed by atoms with E-state index >= 15 is 0 Å². The Labute approximate surface area is 270 Å². The van der Waals surface area contributed by atoms with Gasteiger partial charge in [-0.05, 0) is 68.6 Å². The molecule has 1 heterocycles. The van der Waals surface area contributed by atoms with Gasteiger partial charge in [0.2, 0.25) is 17.6 Å². The number of ether oxygens (including phenoxy) is 1. The predicted molar refractivity (Wildman–Crippen MR) is 173 cm³/mol. The van der Waals surface area contributed by atoms with Crippen LogP contribution in [0.5, 0.6) is 0 Å². The molecule has 3 fully saturated rings. The third-order valence-electron chi connectivity index (χ3n) is 9.51. The van der Waals surface area contributed by atoms with Crippen molar-refractivity contribution in [3.63, 3.8) is 0 Å². The number of hydrogen-bond donors (Lipinski definition) is 3. The molecule has 4 amide bonds. The Morgan fingerprint density at radius 2 is 1.74 bits per heavy atom. The van der Waals surface area contributed by atoms with Gasteiger partial charge in [0.25, 0.3) is 5.91 Å². The normalized spacial score (nSPS) is 26.2. The number of Topliss-reactive ketones (excluding diaryl/α,β-unsaturated/α-hetero) is 1. The van der Waals surface area contributed by atoms with Crippen LogP contribution in [0, 0.1) is 23.7 Å². The summed E-state index contributed by atoms with van der Waals surface area (Å²) in [4.78, 5) is 68.2. The van der Waals surface area contributed by atoms with E-state index in [0.29, 0.717) is 25.8 Å². The maximum Gasteiger partial charge on any atom is 0.408 e. The van der Waals surface area contributed by atoms with E-state index in [2.05, 4.69) is 59.0 Å². The van der Waals surface area contributed by atoms with E-state index < -0.39 is 41.8 Å². The lowest BCUT2D eigenvalue weighted by Gasteiger charge is -2.35. The van der Waals surface area contributed by atoms with Gasteiger partial charge in [0.15, 0.2) is 0 Å². The topological polar surface area (TPSA) is 134 Å². The van der Waals surface area contributed by atoms with E-state index in [1.807, 2.05) is 6.92 Å². The third kappa shape index (κ3) is 9.65. The first kappa shape index (κ1) is 35.3. The van der Waals surface area contributed by atoms with Gasteiger partial charge in [0.1, 0.15) is 18.2 Å². The lowest BCUT2D eigenvalue weighted by atomic mass is 9.83. The van der Waals surface area contributed by atoms with Crippen LogP contribution in [0.1, 0.15) is 91.4 Å². The number of alkyl carbamates (subject to hydrolysis) is 1. The molecule has 7 atom stereocenters. The molecule has 3 aliphatic rings. The molecule has 11 heteroatoms. The molecule has 0 bridgehead atoms. The summed E-state index contributed by atoms with van der Waals surface area (Å²) in [6.07, 6.45) is 9.67. The number of likely N-dealkylation sites (tertiary alicyclic amines) is 1. The van der Waals surface area contributed by atoms with Gasteiger partial charge in [-0.3, -0.25) is 19.2 Å². The molecule has 10 nitrogen and oxygen atoms in total. The van der Waals surface area contributed by atoms with Crippen LogP contribution < -0.4 is 16.0 Å². The van der Waals surface area contributed by atoms with E-state index in [4.69, 9.17) is 4.74 Å². The molecule has 1 saturated heterocycles. The van der Waals surface area contributed by atoms with Gasteiger partial charge < -0.3 is 25.6 Å². The molecular weight excluding hydrogens is 663 g/mol. The molecule has 3 rings (SSSR count). The van der Waals surface area contributed by atoms with Crippen LogP contribution in [0.3, 0.4) is 0 Å². The quantitative estimate of drug-likeness (QED) is 0.106. The Kier molecular flexibility index (Phi) is 14.2. The molecule has 43 heavy (non-hydrogen) atoms. The van der Waals surface area contributed by atoms with Gasteiger partial charge in [0, 0.05) is 17.5 Å². The van der Waals surface area contributed by atoms with Crippen molar-refractivity contribution in [1.29, 1.82) is 0 Å². The van der Waals surface area contributed by atoms with Crippen LogP contribution in [-0.2, 0) is 23.9 Å². The van der Waals surface area contributed by atoms with Crippen molar-refractivity contribution in [2.24, 2.45) is 23.7 Å². The van der Waals surface area contributed by atoms with Crippen LogP contribution in [-0.4, -0.2) is 76.2 Å². The summed E-state index contributed by atoms with van der Waals surface area (Å²) in [6, 6.07) is -2.58. The zero-order valence-electron chi connectivity index (χ0n) is 26.1. The Balaban J connectivity index is 1.82. The number of carbonyl (C=O) groups is 5. The fourth-order valence-electron chi connectivity index (χ4n) is 6.75. The van der Waals surface area contributed by atoms with Crippen LogP contribution in [0.25, 0.3) is 0 Å². The molecule has 2 aliphatic carbocycles. The van der Waals surface area contributed by atoms with Crippen LogP contribution in [0.2, 0.25) is 0 Å². The Morgan fingerprint density at radius 3 is 2.35 bits per heavy atom. The number of hydrogen-bond acceptors (Lipinski definition) is 6. The molecule has 0 aromatic rings. The third-order valence-corrected chi connectivity index (χ3v) is 10.9. The summed E-state index contributed by atoms with van der Waals surface area (Å²) < 4.78 is 6.65. The molecule has 0 aromatic heterocycles. The molecule has 0 aromatic carbocycles. The van der Waals surface area contributed by atoms with E-state index in [-0.39, 0.29) is 42.2 Å². The molecule has 1 aliphatic heterocycles. The SMILES string of the molecule is C=CCNC(=O)C(=O)C(CCC)NC(=O)[C@@H]1C[C@@H](C(C)CI)CN1C(=O)[C@@H](NC(=O)O[C@H]1CCC[C@@H]1C)C1CCCCC1. The number of nitrogens with one attached hydrogen (secondary N) is 3. The van der Waals surface area contributed by atoms with Gasteiger partial charge in [0.05, 0.1) is 6.04 Å². The highest BCUT2D eigenvalue weighted by Crippen LogP contribution is 2.34. The highest BCUT2D eigenvalue weighted by molar-refractivity contribution is 14.1. The van der Waals surface area contributed by atoms with Crippen LogP contribution in [0.15, 0.2) is 12.7 Å². The van der Waals surface area contributed by atoms with E-state index in [9.17, 15) is 24.0 Å². The minimum Gasteiger partial charge on any atom is -0.446 e. The lowest BCUT2D eigenvalue weighted by Crippen LogP contribution is -2.58. The van der Waals surface area contributed by atoms with Crippen LogP contribution in [0.4, 0.5) is 4.79 Å². The van der Waals surface area contributed by atoms with E-state index in [0.717, 1.165) is 55.8 Å². The average molecular weight is 715 g/mol. The number of nitrogens with zero attached hydrogens (tertiary/aromatic N) is 1. The first-order chi connectivity index (χ1) is 20.6. The van der Waals surface area contributed by atoms with Crippen molar-refractivity contribution in [1.82, 2.24) is 20.9 Å². The summed E-state index contributed by atoms with van der Waals surface area (Å²) in [5.41, 5.74) is 0. The van der Waals surface area contributed by atoms with Crippen molar-refractivity contribution >= 4 is 52.2 Å². The van der Waals surface area contributed by atoms with Crippen LogP contribution >= 0.6 is 22.6 Å². The van der Waals surface area contributed by atoms with Crippen molar-refractivity contribution in [3.8, 4) is 0 Å². The number of ketones is 1. The van der Waals surface area contributed by atoms with E-state index in [1.54, 1.807) is 4.90 Å². The molecule has 3 N–H and O–H groups in total. The highest BCUT2D eigenvalue weighted by atomic mass is 127. The molecule has 0 radical (unpaired) electrons. The second-order valence-corrected chi connectivity index (χ2v) is 13.6. The first-order valence-electron chi connectivity index (χ1n) is 16.2. The summed E-state index contributed by atoms with van der Waals surface area (Å²) in [6.45, 7) is 10.2. The molecule has 2 saturated carbocycles. The van der Waals surface area contributed by atoms with Gasteiger partial charge >= 0.3 is 6.09 Å². The second kappa shape index (κ2) is 17.3. The number of amides is 4. The molecule has 2 unspecified atom stereocenters. The number of alkyl halides is 1. The monoisotopic (exact) mass is 714 g/mol. The maximum atomic E-state index is 14.4. The molecular formula is C32H51IN4O6. The first-order valence-corrected chi connectivity index (χ1v) is 17.7. The zero-order valence-corrected chi connectivity index (χ0v) is 28.2. The standard InChI is InChI=1S/C32H51IN4O6/c1-5-11-24(28(38)30(40)34-16-6-2)35-29(39)25-17-23(21(4)18-33)19-37(25)31(41)27(22-13-8-7-9-14-22)36-32(42)43-26-15-10-12-20(26)3/h6,20-27H,2,5,7-19H2,1,3-4H3,(H,34,40)(H,35,39)(H,36,42)/t20-,21?,23+,24?,25-,26-,27-/m0/s1. The second-order valence-electron chi connectivity index (χ2n) is 12.7. The largest absolute Gasteiger partial charge is 0.446 e. The Morgan fingerprint density at radius 1 is 1.02 bits per heavy atom. The predicted octanol–water partition coefficient (Wildman–Crippen LogP) is 4.29. The van der Waals surface area contributed by atoms with Gasteiger partial charge in [-0.25, -0.2) is 4.79 Å². The summed E-state index contributed by atoms with van der Waals surface area (Å²) >= 11 is 2.33. The summed E-state index contributed by atoms with van der Waals surface area (Å²) in [5.74, 6) is -1.59. The number of carbonyl (C=O) groups excluding carboxylic acids is 5. The molecule has 242 valence electrons. The summed E-state index contributed by atoms with van der Waals surface area (Å²) in [5, 5.41) is 8.24. The highest BCUT2D eigenvalue weighted by Gasteiger charge is 2.46. The van der Waals surface area contributed by atoms with Gasteiger partial charge in [-0.1, -0.05) is 75.1 Å². The van der Waals surface area contributed by atoms with Gasteiger partial charge in [-0.2, -0.15) is 0 Å². The fraction of sp³-hybridized carbons (Fsp3) is 0.781. The number of rotatable bonds is 14. The minimum absolute atomic E-state index is 0.0393. The lowest BCUT2D eigenvalue weighted by molar-refractivity contribution is -0.143. The van der Waals surface area contributed by atoms with Crippen molar-refractivity contribution in [2.75, 3.05) is 17.5 Å².